The molecule has 7 nitrogen and oxygen atoms in total. The SMILES string of the molecule is CC(C)C(=O)N1CC(F)(C(=O)N(Cc2ccc(-c3nnc(C(F)F)o3)cc2F)c2ccccc2)C1. The Bertz CT molecular complexity index is 1230. The van der Waals surface area contributed by atoms with Crippen molar-refractivity contribution in [2.45, 2.75) is 32.5 Å². The Morgan fingerprint density at radius 3 is 2.37 bits per heavy atom. The molecule has 0 saturated carbocycles. The van der Waals surface area contributed by atoms with Crippen LogP contribution in [0.25, 0.3) is 11.5 Å². The Balaban J connectivity index is 1.58. The second-order valence-corrected chi connectivity index (χ2v) is 8.59. The van der Waals surface area contributed by atoms with Crippen LogP contribution in [0, 0.1) is 11.7 Å². The van der Waals surface area contributed by atoms with Gasteiger partial charge in [-0.1, -0.05) is 38.1 Å². The van der Waals surface area contributed by atoms with E-state index in [-0.39, 0.29) is 48.5 Å². The number of benzene rings is 2. The van der Waals surface area contributed by atoms with E-state index in [1.54, 1.807) is 44.2 Å². The van der Waals surface area contributed by atoms with Crippen LogP contribution >= 0.6 is 0 Å². The number of carbonyl (C=O) groups is 2. The molecular weight excluding hydrogens is 468 g/mol. The van der Waals surface area contributed by atoms with Gasteiger partial charge in [0, 0.05) is 22.7 Å². The molecule has 11 heteroatoms. The van der Waals surface area contributed by atoms with E-state index in [0.29, 0.717) is 5.69 Å². The summed E-state index contributed by atoms with van der Waals surface area (Å²) in [7, 11) is 0. The van der Waals surface area contributed by atoms with Gasteiger partial charge in [0.1, 0.15) is 5.82 Å². The lowest BCUT2D eigenvalue weighted by atomic mass is 9.92. The Labute approximate surface area is 198 Å². The third kappa shape index (κ3) is 4.89. The zero-order valence-electron chi connectivity index (χ0n) is 18.9. The summed E-state index contributed by atoms with van der Waals surface area (Å²) in [5.41, 5.74) is -1.82. The topological polar surface area (TPSA) is 79.5 Å². The maximum atomic E-state index is 15.5. The number of rotatable bonds is 7. The lowest BCUT2D eigenvalue weighted by Gasteiger charge is -2.45. The van der Waals surface area contributed by atoms with E-state index in [9.17, 15) is 22.8 Å². The van der Waals surface area contributed by atoms with Gasteiger partial charge in [0.25, 0.3) is 11.8 Å². The number of carbonyl (C=O) groups excluding carboxylic acids is 2. The molecule has 1 saturated heterocycles. The highest BCUT2D eigenvalue weighted by atomic mass is 19.3. The van der Waals surface area contributed by atoms with Crippen LogP contribution in [0.1, 0.15) is 31.7 Å². The van der Waals surface area contributed by atoms with Crippen molar-refractivity contribution in [1.82, 2.24) is 15.1 Å². The van der Waals surface area contributed by atoms with Gasteiger partial charge in [-0.3, -0.25) is 9.59 Å². The molecule has 0 atom stereocenters. The van der Waals surface area contributed by atoms with Crippen LogP contribution in [0.4, 0.5) is 23.2 Å². The van der Waals surface area contributed by atoms with Gasteiger partial charge in [-0.25, -0.2) is 8.78 Å². The van der Waals surface area contributed by atoms with Crippen LogP contribution in [-0.4, -0.2) is 45.7 Å². The number of hydrogen-bond acceptors (Lipinski definition) is 5. The standard InChI is InChI=1S/C24H22F4N4O3/c1-14(2)22(33)31-12-24(28,13-31)23(34)32(17-6-4-3-5-7-17)11-16-9-8-15(10-18(16)25)20-29-30-21(35-20)19(26)27/h3-10,14,19H,11-13H2,1-2H3. The normalized spacial score (nSPS) is 14.8. The Morgan fingerprint density at radius 1 is 1.11 bits per heavy atom. The Hall–Kier alpha value is -3.76. The molecule has 184 valence electrons. The number of halogens is 4. The van der Waals surface area contributed by atoms with Crippen molar-refractivity contribution >= 4 is 17.5 Å². The summed E-state index contributed by atoms with van der Waals surface area (Å²) in [4.78, 5) is 27.8. The molecule has 4 rings (SSSR count). The first kappa shape index (κ1) is 24.4. The van der Waals surface area contributed by atoms with Crippen molar-refractivity contribution in [3.63, 3.8) is 0 Å². The van der Waals surface area contributed by atoms with Crippen LogP contribution in [-0.2, 0) is 16.1 Å². The lowest BCUT2D eigenvalue weighted by Crippen LogP contribution is -2.68. The maximum Gasteiger partial charge on any atom is 0.314 e. The monoisotopic (exact) mass is 490 g/mol. The minimum Gasteiger partial charge on any atom is -0.415 e. The summed E-state index contributed by atoms with van der Waals surface area (Å²) in [6.07, 6.45) is -2.96. The highest BCUT2D eigenvalue weighted by Gasteiger charge is 2.54. The first-order valence-electron chi connectivity index (χ1n) is 10.8. The number of aromatic nitrogens is 2. The first-order valence-corrected chi connectivity index (χ1v) is 10.8. The summed E-state index contributed by atoms with van der Waals surface area (Å²) < 4.78 is 60.7. The summed E-state index contributed by atoms with van der Waals surface area (Å²) in [5.74, 6) is -3.42. The fourth-order valence-corrected chi connectivity index (χ4v) is 3.76. The number of hydrogen-bond donors (Lipinski definition) is 0. The third-order valence-corrected chi connectivity index (χ3v) is 5.64. The molecule has 2 heterocycles. The number of amides is 2. The zero-order chi connectivity index (χ0) is 25.3. The molecule has 0 unspecified atom stereocenters. The number of alkyl halides is 3. The van der Waals surface area contributed by atoms with Gasteiger partial charge in [0.05, 0.1) is 19.6 Å². The van der Waals surface area contributed by atoms with Gasteiger partial charge in [0.15, 0.2) is 0 Å². The average Bonchev–Trinajstić information content (AvgIpc) is 3.31. The van der Waals surface area contributed by atoms with Gasteiger partial charge < -0.3 is 14.2 Å². The molecule has 0 radical (unpaired) electrons. The molecule has 0 spiro atoms. The van der Waals surface area contributed by atoms with E-state index in [1.807, 2.05) is 0 Å². The molecular formula is C24H22F4N4O3. The largest absolute Gasteiger partial charge is 0.415 e. The first-order chi connectivity index (χ1) is 16.6. The van der Waals surface area contributed by atoms with E-state index in [0.717, 1.165) is 11.0 Å². The summed E-state index contributed by atoms with van der Waals surface area (Å²) in [6, 6.07) is 11.9. The van der Waals surface area contributed by atoms with Crippen molar-refractivity contribution in [2.75, 3.05) is 18.0 Å². The summed E-state index contributed by atoms with van der Waals surface area (Å²) in [6.45, 7) is 2.32. The summed E-state index contributed by atoms with van der Waals surface area (Å²) >= 11 is 0. The minimum atomic E-state index is -2.96. The molecule has 1 aliphatic rings. The number of nitrogens with zero attached hydrogens (tertiary/aromatic N) is 4. The molecule has 0 aliphatic carbocycles. The lowest BCUT2D eigenvalue weighted by molar-refractivity contribution is -0.157. The summed E-state index contributed by atoms with van der Waals surface area (Å²) in [5, 5.41) is 6.71. The molecule has 35 heavy (non-hydrogen) atoms. The third-order valence-electron chi connectivity index (χ3n) is 5.64. The fraction of sp³-hybridized carbons (Fsp3) is 0.333. The molecule has 3 aromatic rings. The van der Waals surface area contributed by atoms with Crippen molar-refractivity contribution in [2.24, 2.45) is 5.92 Å². The van der Waals surface area contributed by atoms with E-state index in [2.05, 4.69) is 10.2 Å². The van der Waals surface area contributed by atoms with Crippen LogP contribution < -0.4 is 4.90 Å². The van der Waals surface area contributed by atoms with Crippen LogP contribution in [0.3, 0.4) is 0 Å². The van der Waals surface area contributed by atoms with Crippen molar-refractivity contribution in [3.8, 4) is 11.5 Å². The Morgan fingerprint density at radius 2 is 1.80 bits per heavy atom. The second-order valence-electron chi connectivity index (χ2n) is 8.59. The van der Waals surface area contributed by atoms with E-state index in [1.165, 1.54) is 17.0 Å². The van der Waals surface area contributed by atoms with Gasteiger partial charge in [-0.05, 0) is 24.3 Å². The van der Waals surface area contributed by atoms with Crippen LogP contribution in [0.15, 0.2) is 52.9 Å². The molecule has 0 bridgehead atoms. The molecule has 0 N–H and O–H groups in total. The van der Waals surface area contributed by atoms with Crippen molar-refractivity contribution in [3.05, 3.63) is 65.8 Å². The molecule has 1 aliphatic heterocycles. The smallest absolute Gasteiger partial charge is 0.314 e. The maximum absolute atomic E-state index is 15.5. The Kier molecular flexibility index (Phi) is 6.60. The van der Waals surface area contributed by atoms with Crippen molar-refractivity contribution < 1.29 is 31.6 Å². The predicted octanol–water partition coefficient (Wildman–Crippen LogP) is 4.55. The predicted molar refractivity (Wildman–Crippen MR) is 118 cm³/mol. The zero-order valence-corrected chi connectivity index (χ0v) is 18.9. The van der Waals surface area contributed by atoms with Gasteiger partial charge in [-0.15, -0.1) is 10.2 Å². The fourth-order valence-electron chi connectivity index (χ4n) is 3.76. The highest BCUT2D eigenvalue weighted by Crippen LogP contribution is 2.33. The van der Waals surface area contributed by atoms with E-state index in [4.69, 9.17) is 4.42 Å². The van der Waals surface area contributed by atoms with Crippen molar-refractivity contribution in [1.29, 1.82) is 0 Å². The molecule has 2 amide bonds. The highest BCUT2D eigenvalue weighted by molar-refractivity contribution is 6.01. The van der Waals surface area contributed by atoms with E-state index < -0.39 is 29.7 Å². The van der Waals surface area contributed by atoms with Crippen LogP contribution in [0.2, 0.25) is 0 Å². The van der Waals surface area contributed by atoms with E-state index >= 15 is 4.39 Å². The van der Waals surface area contributed by atoms with Gasteiger partial charge in [-0.2, -0.15) is 8.78 Å². The quantitative estimate of drug-likeness (QED) is 0.454. The van der Waals surface area contributed by atoms with Crippen LogP contribution in [0.5, 0.6) is 0 Å². The average molecular weight is 490 g/mol. The number of para-hydroxylation sites is 1. The van der Waals surface area contributed by atoms with Gasteiger partial charge >= 0.3 is 6.43 Å². The minimum absolute atomic E-state index is 0.0533. The molecule has 1 aromatic heterocycles. The molecule has 2 aromatic carbocycles. The number of likely N-dealkylation sites (tertiary alicyclic amines) is 1. The molecule has 1 fully saturated rings. The second kappa shape index (κ2) is 9.47. The van der Waals surface area contributed by atoms with Gasteiger partial charge in [0.2, 0.25) is 17.5 Å². The number of anilines is 1.